The molecule has 0 aliphatic rings. The maximum Gasteiger partial charge on any atom is 0.253 e. The number of amides is 1. The first-order valence-corrected chi connectivity index (χ1v) is 9.54. The van der Waals surface area contributed by atoms with E-state index in [-0.39, 0.29) is 23.8 Å². The van der Waals surface area contributed by atoms with Crippen molar-refractivity contribution in [3.8, 4) is 22.6 Å². The molecule has 0 fully saturated rings. The third-order valence-electron chi connectivity index (χ3n) is 4.84. The van der Waals surface area contributed by atoms with Gasteiger partial charge in [-0.2, -0.15) is 0 Å². The molecular weight excluding hydrogens is 402 g/mol. The van der Waals surface area contributed by atoms with Gasteiger partial charge in [0.15, 0.2) is 0 Å². The number of pyridine rings is 1. The first kappa shape index (κ1) is 22.0. The summed E-state index contributed by atoms with van der Waals surface area (Å²) in [7, 11) is 1.52. The van der Waals surface area contributed by atoms with Crippen molar-refractivity contribution in [3.63, 3.8) is 0 Å². The van der Waals surface area contributed by atoms with Crippen LogP contribution in [0.2, 0.25) is 0 Å². The van der Waals surface area contributed by atoms with Gasteiger partial charge in [0.25, 0.3) is 5.56 Å². The summed E-state index contributed by atoms with van der Waals surface area (Å²) in [6, 6.07) is 8.68. The fraction of sp³-hybridized carbons (Fsp3) is 0.167. The van der Waals surface area contributed by atoms with E-state index in [0.717, 1.165) is 12.1 Å². The molecule has 1 N–H and O–H groups in total. The summed E-state index contributed by atoms with van der Waals surface area (Å²) in [5, 5.41) is 2.67. The minimum Gasteiger partial charge on any atom is -0.456 e. The van der Waals surface area contributed by atoms with E-state index in [9.17, 15) is 18.4 Å². The van der Waals surface area contributed by atoms with Crippen LogP contribution in [0.15, 0.2) is 60.0 Å². The molecule has 7 heteroatoms. The molecule has 0 saturated carbocycles. The summed E-state index contributed by atoms with van der Waals surface area (Å²) >= 11 is 0. The molecule has 160 valence electrons. The van der Waals surface area contributed by atoms with Crippen molar-refractivity contribution in [3.05, 3.63) is 93.9 Å². The molecule has 1 heterocycles. The minimum atomic E-state index is -0.719. The van der Waals surface area contributed by atoms with Gasteiger partial charge in [-0.05, 0) is 54.8 Å². The second-order valence-corrected chi connectivity index (χ2v) is 7.17. The van der Waals surface area contributed by atoms with E-state index in [1.54, 1.807) is 32.0 Å². The van der Waals surface area contributed by atoms with Gasteiger partial charge in [0.2, 0.25) is 5.91 Å². The van der Waals surface area contributed by atoms with E-state index >= 15 is 0 Å². The first-order valence-electron chi connectivity index (χ1n) is 9.54. The van der Waals surface area contributed by atoms with Gasteiger partial charge in [-0.1, -0.05) is 18.7 Å². The van der Waals surface area contributed by atoms with E-state index in [1.807, 2.05) is 0 Å². The SMILES string of the molecule is C=CC(=O)NCc1cccc(Oc2c(C)cc(F)cc2C)c1-c1cn(C)c(=O)cc1F. The quantitative estimate of drug-likeness (QED) is 0.591. The van der Waals surface area contributed by atoms with Gasteiger partial charge in [0, 0.05) is 37.0 Å². The highest BCUT2D eigenvalue weighted by atomic mass is 19.1. The smallest absolute Gasteiger partial charge is 0.253 e. The lowest BCUT2D eigenvalue weighted by atomic mass is 9.98. The fourth-order valence-electron chi connectivity index (χ4n) is 3.33. The predicted molar refractivity (Wildman–Crippen MR) is 115 cm³/mol. The Balaban J connectivity index is 2.20. The molecule has 0 radical (unpaired) electrons. The molecule has 0 aliphatic heterocycles. The van der Waals surface area contributed by atoms with Crippen molar-refractivity contribution in [2.75, 3.05) is 0 Å². The average Bonchev–Trinajstić information content (AvgIpc) is 2.71. The number of aromatic nitrogens is 1. The number of hydrogen-bond acceptors (Lipinski definition) is 3. The van der Waals surface area contributed by atoms with Crippen molar-refractivity contribution in [1.29, 1.82) is 0 Å². The van der Waals surface area contributed by atoms with Crippen LogP contribution in [0.3, 0.4) is 0 Å². The Morgan fingerprint density at radius 1 is 1.19 bits per heavy atom. The summed E-state index contributed by atoms with van der Waals surface area (Å²) in [6.07, 6.45) is 2.52. The lowest BCUT2D eigenvalue weighted by Gasteiger charge is -2.19. The second-order valence-electron chi connectivity index (χ2n) is 7.17. The standard InChI is InChI=1S/C24H22F2N2O3/c1-5-21(29)27-12-16-7-6-8-20(31-24-14(2)9-17(25)10-15(24)3)23(16)18-13-28(4)22(30)11-19(18)26/h5-11,13H,1,12H2,2-4H3,(H,27,29). The third-order valence-corrected chi connectivity index (χ3v) is 4.84. The molecule has 2 aromatic carbocycles. The van der Waals surface area contributed by atoms with E-state index in [2.05, 4.69) is 11.9 Å². The molecule has 1 amide bonds. The van der Waals surface area contributed by atoms with Crippen LogP contribution in [-0.4, -0.2) is 10.5 Å². The van der Waals surface area contributed by atoms with Gasteiger partial charge in [0.05, 0.1) is 0 Å². The number of nitrogens with zero attached hydrogens (tertiary/aromatic N) is 1. The zero-order valence-corrected chi connectivity index (χ0v) is 17.5. The lowest BCUT2D eigenvalue weighted by Crippen LogP contribution is -2.21. The van der Waals surface area contributed by atoms with Crippen LogP contribution in [-0.2, 0) is 18.4 Å². The number of aryl methyl sites for hydroxylation is 3. The number of carbonyl (C=O) groups is 1. The fourth-order valence-corrected chi connectivity index (χ4v) is 3.33. The maximum absolute atomic E-state index is 14.9. The molecule has 31 heavy (non-hydrogen) atoms. The van der Waals surface area contributed by atoms with Gasteiger partial charge in [-0.3, -0.25) is 9.59 Å². The Morgan fingerprint density at radius 3 is 2.52 bits per heavy atom. The highest BCUT2D eigenvalue weighted by Gasteiger charge is 2.19. The molecule has 0 unspecified atom stereocenters. The molecule has 0 atom stereocenters. The van der Waals surface area contributed by atoms with E-state index < -0.39 is 11.4 Å². The lowest BCUT2D eigenvalue weighted by molar-refractivity contribution is -0.116. The predicted octanol–water partition coefficient (Wildman–Crippen LogP) is 4.54. The van der Waals surface area contributed by atoms with Crippen LogP contribution < -0.4 is 15.6 Å². The number of rotatable bonds is 6. The Bertz CT molecular complexity index is 1210. The highest BCUT2D eigenvalue weighted by molar-refractivity contribution is 5.87. The summed E-state index contributed by atoms with van der Waals surface area (Å²) in [5.74, 6) is -0.736. The first-order chi connectivity index (χ1) is 14.7. The Kier molecular flexibility index (Phi) is 6.34. The van der Waals surface area contributed by atoms with Crippen molar-refractivity contribution in [2.24, 2.45) is 7.05 Å². The summed E-state index contributed by atoms with van der Waals surface area (Å²) in [6.45, 7) is 6.94. The molecule has 0 aliphatic carbocycles. The zero-order valence-electron chi connectivity index (χ0n) is 17.5. The van der Waals surface area contributed by atoms with Crippen molar-refractivity contribution in [2.45, 2.75) is 20.4 Å². The largest absolute Gasteiger partial charge is 0.456 e. The van der Waals surface area contributed by atoms with Gasteiger partial charge in [-0.25, -0.2) is 8.78 Å². The number of nitrogens with one attached hydrogen (secondary N) is 1. The van der Waals surface area contributed by atoms with Crippen molar-refractivity contribution < 1.29 is 18.3 Å². The van der Waals surface area contributed by atoms with Crippen molar-refractivity contribution in [1.82, 2.24) is 9.88 Å². The minimum absolute atomic E-state index is 0.0844. The molecule has 3 rings (SSSR count). The third kappa shape index (κ3) is 4.71. The molecular formula is C24H22F2N2O3. The Morgan fingerprint density at radius 2 is 1.87 bits per heavy atom. The molecule has 0 saturated heterocycles. The average molecular weight is 424 g/mol. The van der Waals surface area contributed by atoms with Crippen molar-refractivity contribution >= 4 is 5.91 Å². The Hall–Kier alpha value is -3.74. The zero-order chi connectivity index (χ0) is 22.7. The van der Waals surface area contributed by atoms with E-state index in [1.165, 1.54) is 29.9 Å². The van der Waals surface area contributed by atoms with Gasteiger partial charge >= 0.3 is 0 Å². The molecule has 1 aromatic heterocycles. The highest BCUT2D eigenvalue weighted by Crippen LogP contribution is 2.39. The molecule has 3 aromatic rings. The molecule has 0 bridgehead atoms. The monoisotopic (exact) mass is 424 g/mol. The van der Waals surface area contributed by atoms with Crippen LogP contribution in [0.25, 0.3) is 11.1 Å². The van der Waals surface area contributed by atoms with E-state index in [0.29, 0.717) is 33.8 Å². The van der Waals surface area contributed by atoms with E-state index in [4.69, 9.17) is 4.74 Å². The van der Waals surface area contributed by atoms with Crippen LogP contribution in [0.4, 0.5) is 8.78 Å². The van der Waals surface area contributed by atoms with Gasteiger partial charge in [-0.15, -0.1) is 0 Å². The molecule has 5 nitrogen and oxygen atoms in total. The summed E-state index contributed by atoms with van der Waals surface area (Å²) in [5.41, 5.74) is 1.75. The summed E-state index contributed by atoms with van der Waals surface area (Å²) in [4.78, 5) is 23.5. The van der Waals surface area contributed by atoms with Crippen LogP contribution in [0.1, 0.15) is 16.7 Å². The normalized spacial score (nSPS) is 10.6. The number of ether oxygens (including phenoxy) is 1. The topological polar surface area (TPSA) is 60.3 Å². The second kappa shape index (κ2) is 8.95. The number of benzene rings is 2. The Labute approximate surface area is 178 Å². The van der Waals surface area contributed by atoms with Crippen LogP contribution >= 0.6 is 0 Å². The van der Waals surface area contributed by atoms with Crippen LogP contribution in [0.5, 0.6) is 11.5 Å². The number of hydrogen-bond donors (Lipinski definition) is 1. The van der Waals surface area contributed by atoms with Crippen LogP contribution in [0, 0.1) is 25.5 Å². The molecule has 0 spiro atoms. The summed E-state index contributed by atoms with van der Waals surface area (Å²) < 4.78 is 36.0. The van der Waals surface area contributed by atoms with Gasteiger partial charge in [0.1, 0.15) is 23.1 Å². The maximum atomic E-state index is 14.9. The number of halogens is 2. The van der Waals surface area contributed by atoms with Gasteiger partial charge < -0.3 is 14.6 Å². The number of carbonyl (C=O) groups excluding carboxylic acids is 1.